The maximum Gasteiger partial charge on any atom is 1.00 e. The molecule has 0 aromatic rings. The zero-order valence-electron chi connectivity index (χ0n) is 37.7. The first-order valence-corrected chi connectivity index (χ1v) is 32.2. The van der Waals surface area contributed by atoms with Crippen LogP contribution in [0, 0.1) is 0 Å². The molecule has 0 amide bonds. The fraction of sp³-hybridized carbons (Fsp3) is 1.00. The van der Waals surface area contributed by atoms with Gasteiger partial charge in [-0.25, -0.2) is 12.5 Å². The largest absolute Gasteiger partial charge is 1.00 e. The van der Waals surface area contributed by atoms with Crippen molar-refractivity contribution < 1.29 is 203 Å². The van der Waals surface area contributed by atoms with Gasteiger partial charge in [0.15, 0.2) is 0 Å². The maximum absolute atomic E-state index is 12.8. The second kappa shape index (κ2) is 28.2. The fourth-order valence-electron chi connectivity index (χ4n) is 6.02. The van der Waals surface area contributed by atoms with E-state index >= 15 is 0 Å². The summed E-state index contributed by atoms with van der Waals surface area (Å²) in [6.45, 7) is 2.03. The summed E-state index contributed by atoms with van der Waals surface area (Å²) in [5, 5.41) is 0. The van der Waals surface area contributed by atoms with Gasteiger partial charge in [0, 0.05) is 0 Å². The minimum Gasteiger partial charge on any atom is -1.00 e. The topological polar surface area (TPSA) is 636 Å². The summed E-state index contributed by atoms with van der Waals surface area (Å²) in [7, 11) is -78.2. The van der Waals surface area contributed by atoms with Crippen molar-refractivity contribution in [1.82, 2.24) is 0 Å². The molecular weight excluding hydrogens is 1250 g/mol. The molecule has 40 nitrogen and oxygen atoms in total. The molecule has 0 aromatic heterocycles. The summed E-state index contributed by atoms with van der Waals surface area (Å²) in [6, 6.07) is 0. The van der Waals surface area contributed by atoms with Crippen molar-refractivity contribution >= 4 is 104 Å². The van der Waals surface area contributed by atoms with Gasteiger partial charge in [-0.3, -0.25) is 45.5 Å². The molecule has 0 saturated carbocycles. The average Bonchev–Trinajstić information content (AvgIpc) is 3.05. The molecule has 0 aliphatic rings. The van der Waals surface area contributed by atoms with Crippen LogP contribution in [0.4, 0.5) is 0 Å². The van der Waals surface area contributed by atoms with E-state index in [-0.39, 0.29) is 43.8 Å². The summed E-state index contributed by atoms with van der Waals surface area (Å²) in [5.74, 6) is -30.0. The van der Waals surface area contributed by atoms with Crippen molar-refractivity contribution in [3.63, 3.8) is 0 Å². The van der Waals surface area contributed by atoms with E-state index in [9.17, 15) is 130 Å². The van der Waals surface area contributed by atoms with Crippen molar-refractivity contribution in [2.45, 2.75) is 139 Å². The Bertz CT molecular complexity index is 2770. The third-order valence-corrected chi connectivity index (χ3v) is 12.5. The number of hydrogen-bond donors (Lipinski definition) is 10. The normalized spacial score (nSPS) is 15.2. The molecule has 1 atom stereocenters. The Morgan fingerprint density at radius 2 is 0.534 bits per heavy atom. The van der Waals surface area contributed by atoms with Crippen molar-refractivity contribution in [2.24, 2.45) is 0 Å². The van der Waals surface area contributed by atoms with Gasteiger partial charge in [-0.1, -0.05) is 103 Å². The van der Waals surface area contributed by atoms with Crippen molar-refractivity contribution in [3.8, 4) is 0 Å². The van der Waals surface area contributed by atoms with Crippen molar-refractivity contribution in [2.75, 3.05) is 0 Å². The van der Waals surface area contributed by atoms with E-state index in [1.807, 2.05) is 6.92 Å². The summed E-state index contributed by atoms with van der Waals surface area (Å²) in [5.41, 5.74) is 0. The van der Waals surface area contributed by atoms with Gasteiger partial charge in [0.05, 0.1) is 0 Å². The van der Waals surface area contributed by atoms with E-state index in [0.29, 0.717) is 19.3 Å². The molecule has 0 aliphatic carbocycles. The predicted molar refractivity (Wildman–Crippen MR) is 222 cm³/mol. The quantitative estimate of drug-likeness (QED) is 0.0120. The Labute approximate surface area is 442 Å². The standard InChI is InChI=1S/C22H46O40S10.Na.H/c1-2-3-4-5-6-7-8-9-10-11-12-13-14-15-16-17-18(53-63(23,24)25)19(54-64(26,27)28,55-65(29,30)31)20(56-66(32,33)34,57-67(35,36)37)21(58-68(38,39)40,59-69(41,42)43)22(60-70(44,45)46,61-71(47,48)49)62-72(50,51)52;;/h18H,2-17H2,1H3,(H,23,24,25)(H,26,27,28)(H,29,30,31)(H,32,33,34)(H,35,36,37)(H,38,39,40)(H,41,42,43)(H,44,45,46)(H,47,48,49)(H,50,51,52);;/q;+1;-1. The third-order valence-electron chi connectivity index (χ3n) is 8.02. The van der Waals surface area contributed by atoms with Gasteiger partial charge < -0.3 is 1.43 Å². The number of unbranched alkanes of at least 4 members (excludes halogenated alkanes) is 14. The Balaban J connectivity index is -0.0000252. The molecule has 0 heterocycles. The minimum absolute atomic E-state index is 0. The van der Waals surface area contributed by atoms with Crippen LogP contribution in [0.25, 0.3) is 0 Å². The van der Waals surface area contributed by atoms with Crippen LogP contribution in [-0.4, -0.2) is 159 Å². The van der Waals surface area contributed by atoms with Gasteiger partial charge in [-0.2, -0.15) is 113 Å². The molecule has 0 fully saturated rings. The van der Waals surface area contributed by atoms with Gasteiger partial charge >= 0.3 is 151 Å². The van der Waals surface area contributed by atoms with Crippen LogP contribution in [0.1, 0.15) is 111 Å². The molecule has 10 N–H and O–H groups in total. The second-order valence-corrected chi connectivity index (χ2v) is 24.1. The Morgan fingerprint density at radius 3 is 0.753 bits per heavy atom. The average molecular weight is 1300 g/mol. The molecule has 0 rings (SSSR count). The first kappa shape index (κ1) is 74.8. The molecule has 0 radical (unpaired) electrons. The molecule has 73 heavy (non-hydrogen) atoms. The van der Waals surface area contributed by atoms with Gasteiger partial charge in [0.25, 0.3) is 5.79 Å². The summed E-state index contributed by atoms with van der Waals surface area (Å²) in [4.78, 5) is 0. The van der Waals surface area contributed by atoms with Gasteiger partial charge in [0.2, 0.25) is 0 Å². The number of rotatable bonds is 40. The van der Waals surface area contributed by atoms with E-state index < -0.39 is 153 Å². The van der Waals surface area contributed by atoms with Crippen LogP contribution in [0.3, 0.4) is 0 Å². The van der Waals surface area contributed by atoms with Crippen LogP contribution in [0.2, 0.25) is 0 Å². The summed E-state index contributed by atoms with van der Waals surface area (Å²) < 4.78 is 383. The van der Waals surface area contributed by atoms with Crippen LogP contribution in [-0.2, 0) is 146 Å². The fourth-order valence-corrected chi connectivity index (χ4v) is 11.5. The summed E-state index contributed by atoms with van der Waals surface area (Å²) >= 11 is 0. The Hall–Kier alpha value is -0.300. The van der Waals surface area contributed by atoms with Gasteiger partial charge in [0.1, 0.15) is 6.10 Å². The smallest absolute Gasteiger partial charge is 1.00 e. The zero-order chi connectivity index (χ0) is 57.0. The van der Waals surface area contributed by atoms with Crippen molar-refractivity contribution in [3.05, 3.63) is 0 Å². The molecule has 0 bridgehead atoms. The van der Waals surface area contributed by atoms with Gasteiger partial charge in [-0.15, -0.1) is 0 Å². The molecule has 1 unspecified atom stereocenters. The van der Waals surface area contributed by atoms with Crippen molar-refractivity contribution in [1.29, 1.82) is 0 Å². The predicted octanol–water partition coefficient (Wildman–Crippen LogP) is -4.33. The Kier molecular flexibility index (Phi) is 28.9. The van der Waals surface area contributed by atoms with Crippen LogP contribution in [0.5, 0.6) is 0 Å². The third kappa shape index (κ3) is 29.5. The zero-order valence-corrected chi connectivity index (χ0v) is 46.9. The molecule has 0 aromatic carbocycles. The van der Waals surface area contributed by atoms with E-state index in [4.69, 9.17) is 0 Å². The van der Waals surface area contributed by atoms with Crippen LogP contribution >= 0.6 is 0 Å². The van der Waals surface area contributed by atoms with E-state index in [0.717, 1.165) is 51.4 Å². The molecule has 0 spiro atoms. The summed E-state index contributed by atoms with van der Waals surface area (Å²) in [6.07, 6.45) is -0.0705. The minimum atomic E-state index is -8.08. The molecule has 436 valence electrons. The first-order chi connectivity index (χ1) is 31.8. The van der Waals surface area contributed by atoms with Crippen LogP contribution < -0.4 is 29.6 Å². The Morgan fingerprint density at radius 1 is 0.315 bits per heavy atom. The molecule has 0 aliphatic heterocycles. The van der Waals surface area contributed by atoms with E-state index in [1.165, 1.54) is 0 Å². The van der Waals surface area contributed by atoms with E-state index in [2.05, 4.69) is 41.8 Å². The molecular formula is C22H47NaO40S10. The van der Waals surface area contributed by atoms with E-state index in [1.54, 1.807) is 0 Å². The number of hydrogen-bond acceptors (Lipinski definition) is 30. The molecule has 0 saturated heterocycles. The van der Waals surface area contributed by atoms with Crippen LogP contribution in [0.15, 0.2) is 0 Å². The SMILES string of the molecule is CCCCCCCCCCCCCCCCCC(OS(=O)(=O)O)C(OS(=O)(=O)O)(OS(=O)(=O)O)C(OS(=O)(=O)O)(OS(=O)(=O)O)C(OS(=O)(=O)O)(OS(=O)(=O)O)C(OS(=O)(=O)O)(OS(=O)(=O)O)OS(=O)(=O)O.[H-].[Na+]. The maximum atomic E-state index is 12.8. The second-order valence-electron chi connectivity index (χ2n) is 13.8. The van der Waals surface area contributed by atoms with Gasteiger partial charge in [-0.05, 0) is 6.42 Å². The molecule has 51 heteroatoms. The monoisotopic (exact) mass is 1290 g/mol. The first-order valence-electron chi connectivity index (χ1n) is 18.6.